The van der Waals surface area contributed by atoms with Crippen molar-refractivity contribution in [2.75, 3.05) is 6.61 Å². The van der Waals surface area contributed by atoms with Crippen molar-refractivity contribution in [2.45, 2.75) is 44.2 Å². The van der Waals surface area contributed by atoms with Crippen LogP contribution in [-0.2, 0) is 14.2 Å². The molecule has 0 spiro atoms. The number of halogens is 1. The summed E-state index contributed by atoms with van der Waals surface area (Å²) < 4.78 is 26.5. The second kappa shape index (κ2) is 6.48. The standard InChI is InChI=1S/C19H18BrN3O5/c1-19(2)27-14-12-9-25-18-22-13(7-8-23(18)17(26-12)15(14)28-19)21-16(24)10-3-5-11(20)6-4-10/h3-8,12,14-15,17H,9H2,1-2H3/t12-,14-,15-,17-/m1/s1. The zero-order valence-corrected chi connectivity index (χ0v) is 16.8. The normalized spacial score (nSPS) is 30.3. The minimum Gasteiger partial charge on any atom is -0.462 e. The number of hydrogen-bond donors (Lipinski definition) is 0. The molecule has 2 saturated heterocycles. The molecule has 4 heterocycles. The van der Waals surface area contributed by atoms with E-state index in [0.29, 0.717) is 11.6 Å². The highest BCUT2D eigenvalue weighted by atomic mass is 79.9. The van der Waals surface area contributed by atoms with Crippen LogP contribution in [0, 0.1) is 0 Å². The second-order valence-electron chi connectivity index (χ2n) is 7.34. The smallest absolute Gasteiger partial charge is 0.300 e. The Labute approximate surface area is 169 Å². The molecule has 0 N–H and O–H groups in total. The number of aromatic nitrogens is 2. The first-order valence-corrected chi connectivity index (χ1v) is 9.77. The molecule has 0 aliphatic carbocycles. The number of amides is 1. The molecule has 2 bridgehead atoms. The van der Waals surface area contributed by atoms with Gasteiger partial charge in [-0.15, -0.1) is 0 Å². The van der Waals surface area contributed by atoms with E-state index in [1.807, 2.05) is 13.8 Å². The molecule has 5 rings (SSSR count). The topological polar surface area (TPSA) is 84.2 Å². The molecule has 0 radical (unpaired) electrons. The van der Waals surface area contributed by atoms with Crippen molar-refractivity contribution in [1.82, 2.24) is 9.55 Å². The summed E-state index contributed by atoms with van der Waals surface area (Å²) in [7, 11) is 0. The van der Waals surface area contributed by atoms with Gasteiger partial charge in [0.15, 0.2) is 17.5 Å². The van der Waals surface area contributed by atoms with Gasteiger partial charge in [0.25, 0.3) is 5.91 Å². The van der Waals surface area contributed by atoms with Crippen LogP contribution in [0.1, 0.15) is 30.4 Å². The fraction of sp³-hybridized carbons (Fsp3) is 0.421. The van der Waals surface area contributed by atoms with Gasteiger partial charge in [-0.2, -0.15) is 9.98 Å². The van der Waals surface area contributed by atoms with Crippen molar-refractivity contribution in [3.8, 4) is 6.01 Å². The first-order valence-electron chi connectivity index (χ1n) is 8.97. The molecule has 3 aliphatic heterocycles. The van der Waals surface area contributed by atoms with Crippen LogP contribution in [0.15, 0.2) is 46.0 Å². The zero-order valence-electron chi connectivity index (χ0n) is 15.2. The summed E-state index contributed by atoms with van der Waals surface area (Å²) >= 11 is 3.35. The molecule has 9 heteroatoms. The Balaban J connectivity index is 1.46. The Kier molecular flexibility index (Phi) is 4.16. The first kappa shape index (κ1) is 18.0. The van der Waals surface area contributed by atoms with Gasteiger partial charge < -0.3 is 18.9 Å². The summed E-state index contributed by atoms with van der Waals surface area (Å²) in [5, 5.41) is 0. The fourth-order valence-corrected chi connectivity index (χ4v) is 3.97. The highest BCUT2D eigenvalue weighted by Crippen LogP contribution is 2.45. The second-order valence-corrected chi connectivity index (χ2v) is 8.26. The van der Waals surface area contributed by atoms with E-state index in [9.17, 15) is 4.79 Å². The summed E-state index contributed by atoms with van der Waals surface area (Å²) in [6.45, 7) is 4.06. The van der Waals surface area contributed by atoms with Crippen molar-refractivity contribution in [2.24, 2.45) is 4.99 Å². The SMILES string of the molecule is CC1(C)O[C@@H]2[C@H](O1)[C@H]1COc3nc(=NC(=O)c4ccc(Br)cc4)ccn3[C@@H]2O1. The molecule has 28 heavy (non-hydrogen) atoms. The van der Waals surface area contributed by atoms with Crippen LogP contribution in [0.5, 0.6) is 6.01 Å². The molecule has 1 aromatic heterocycles. The molecule has 2 aromatic rings. The molecule has 2 fully saturated rings. The Morgan fingerprint density at radius 2 is 1.96 bits per heavy atom. The number of carbonyl (C=O) groups is 1. The van der Waals surface area contributed by atoms with E-state index in [1.54, 1.807) is 41.1 Å². The molecule has 8 nitrogen and oxygen atoms in total. The van der Waals surface area contributed by atoms with E-state index >= 15 is 0 Å². The maximum absolute atomic E-state index is 12.4. The van der Waals surface area contributed by atoms with Gasteiger partial charge in [-0.05, 0) is 44.2 Å². The number of carbonyl (C=O) groups excluding carboxylic acids is 1. The van der Waals surface area contributed by atoms with Gasteiger partial charge in [0.05, 0.1) is 0 Å². The molecule has 0 saturated carbocycles. The maximum Gasteiger partial charge on any atom is 0.300 e. The lowest BCUT2D eigenvalue weighted by Gasteiger charge is -2.23. The molecule has 1 amide bonds. The molecule has 1 aromatic carbocycles. The molecule has 4 atom stereocenters. The predicted molar refractivity (Wildman–Crippen MR) is 99.5 cm³/mol. The van der Waals surface area contributed by atoms with Crippen LogP contribution in [0.4, 0.5) is 0 Å². The number of ether oxygens (including phenoxy) is 4. The van der Waals surface area contributed by atoms with E-state index in [1.165, 1.54) is 0 Å². The van der Waals surface area contributed by atoms with Crippen molar-refractivity contribution in [1.29, 1.82) is 0 Å². The first-order chi connectivity index (χ1) is 13.4. The quantitative estimate of drug-likeness (QED) is 0.665. The average molecular weight is 448 g/mol. The monoisotopic (exact) mass is 447 g/mol. The Morgan fingerprint density at radius 1 is 1.21 bits per heavy atom. The van der Waals surface area contributed by atoms with Gasteiger partial charge in [-0.1, -0.05) is 15.9 Å². The van der Waals surface area contributed by atoms with Crippen molar-refractivity contribution >= 4 is 21.8 Å². The van der Waals surface area contributed by atoms with Crippen molar-refractivity contribution in [3.63, 3.8) is 0 Å². The van der Waals surface area contributed by atoms with Crippen molar-refractivity contribution in [3.05, 3.63) is 52.1 Å². The summed E-state index contributed by atoms with van der Waals surface area (Å²) in [5.41, 5.74) is 0.759. The summed E-state index contributed by atoms with van der Waals surface area (Å²) in [5.74, 6) is -1.04. The third-order valence-electron chi connectivity index (χ3n) is 4.90. The molecule has 0 unspecified atom stereocenters. The maximum atomic E-state index is 12.4. The van der Waals surface area contributed by atoms with Crippen molar-refractivity contribution < 1.29 is 23.7 Å². The van der Waals surface area contributed by atoms with Gasteiger partial charge in [0.2, 0.25) is 0 Å². The highest BCUT2D eigenvalue weighted by Gasteiger charge is 2.57. The molecular weight excluding hydrogens is 430 g/mol. The lowest BCUT2D eigenvalue weighted by molar-refractivity contribution is -0.195. The Bertz CT molecular complexity index is 1000. The third kappa shape index (κ3) is 3.08. The van der Waals surface area contributed by atoms with Crippen LogP contribution in [0.25, 0.3) is 0 Å². The number of rotatable bonds is 1. The van der Waals surface area contributed by atoms with Crippen LogP contribution in [-0.4, -0.2) is 46.2 Å². The lowest BCUT2D eigenvalue weighted by Crippen LogP contribution is -2.35. The van der Waals surface area contributed by atoms with E-state index in [2.05, 4.69) is 25.9 Å². The Morgan fingerprint density at radius 3 is 2.75 bits per heavy atom. The van der Waals surface area contributed by atoms with Crippen LogP contribution in [0.2, 0.25) is 0 Å². The number of nitrogens with zero attached hydrogens (tertiary/aromatic N) is 3. The van der Waals surface area contributed by atoms with E-state index < -0.39 is 12.0 Å². The third-order valence-corrected chi connectivity index (χ3v) is 5.43. The summed E-state index contributed by atoms with van der Waals surface area (Å²) in [4.78, 5) is 20.9. The largest absolute Gasteiger partial charge is 0.462 e. The van der Waals surface area contributed by atoms with E-state index in [0.717, 1.165) is 4.47 Å². The molecular formula is C19H18BrN3O5. The summed E-state index contributed by atoms with van der Waals surface area (Å²) in [6.07, 6.45) is 0.659. The number of hydrogen-bond acceptors (Lipinski definition) is 6. The average Bonchev–Trinajstić information content (AvgIpc) is 3.05. The predicted octanol–water partition coefficient (Wildman–Crippen LogP) is 2.20. The molecule has 3 aliphatic rings. The highest BCUT2D eigenvalue weighted by molar-refractivity contribution is 9.10. The van der Waals surface area contributed by atoms with Gasteiger partial charge in [-0.3, -0.25) is 9.36 Å². The number of fused-ring (bicyclic) bond motifs is 7. The lowest BCUT2D eigenvalue weighted by atomic mass is 10.1. The van der Waals surface area contributed by atoms with Crippen LogP contribution < -0.4 is 10.2 Å². The van der Waals surface area contributed by atoms with Gasteiger partial charge in [-0.25, -0.2) is 0 Å². The zero-order chi connectivity index (χ0) is 19.5. The van der Waals surface area contributed by atoms with Gasteiger partial charge >= 0.3 is 6.01 Å². The van der Waals surface area contributed by atoms with E-state index in [-0.39, 0.29) is 36.3 Å². The van der Waals surface area contributed by atoms with Gasteiger partial charge in [0, 0.05) is 16.2 Å². The Hall–Kier alpha value is -2.07. The fourth-order valence-electron chi connectivity index (χ4n) is 3.70. The minimum atomic E-state index is -0.666. The van der Waals surface area contributed by atoms with Crippen LogP contribution in [0.3, 0.4) is 0 Å². The van der Waals surface area contributed by atoms with Gasteiger partial charge in [0.1, 0.15) is 24.9 Å². The summed E-state index contributed by atoms with van der Waals surface area (Å²) in [6, 6.07) is 8.99. The minimum absolute atomic E-state index is 0.191. The van der Waals surface area contributed by atoms with E-state index in [4.69, 9.17) is 18.9 Å². The van der Waals surface area contributed by atoms with Crippen LogP contribution >= 0.6 is 15.9 Å². The number of benzene rings is 1. The molecule has 146 valence electrons.